The number of carbonyl (C=O) groups is 1. The molecule has 1 aliphatic rings. The van der Waals surface area contributed by atoms with E-state index in [0.29, 0.717) is 0 Å². The first-order valence-electron chi connectivity index (χ1n) is 7.29. The summed E-state index contributed by atoms with van der Waals surface area (Å²) in [5.74, 6) is -2.10. The molecule has 0 aromatic heterocycles. The number of carbonyl (C=O) groups excluding carboxylic acids is 1. The van der Waals surface area contributed by atoms with E-state index in [2.05, 4.69) is 0 Å². The summed E-state index contributed by atoms with van der Waals surface area (Å²) in [6.07, 6.45) is 0.0719. The molecule has 1 heterocycles. The monoisotopic (exact) mass is 318 g/mol. The van der Waals surface area contributed by atoms with Crippen LogP contribution in [0.3, 0.4) is 0 Å². The maximum Gasteiger partial charge on any atom is 0.229 e. The summed E-state index contributed by atoms with van der Waals surface area (Å²) in [6.45, 7) is 0.503. The summed E-state index contributed by atoms with van der Waals surface area (Å²) < 4.78 is 32.1. The third-order valence-corrected chi connectivity index (χ3v) is 3.79. The lowest BCUT2D eigenvalue weighted by Gasteiger charge is -2.30. The van der Waals surface area contributed by atoms with Crippen LogP contribution in [0.25, 0.3) is 0 Å². The fourth-order valence-corrected chi connectivity index (χ4v) is 2.59. The lowest BCUT2D eigenvalue weighted by Crippen LogP contribution is -2.39. The first-order chi connectivity index (χ1) is 11.1. The van der Waals surface area contributed by atoms with Gasteiger partial charge >= 0.3 is 0 Å². The zero-order chi connectivity index (χ0) is 16.4. The van der Waals surface area contributed by atoms with Crippen LogP contribution in [0.5, 0.6) is 5.75 Å². The quantitative estimate of drug-likeness (QED) is 0.947. The molecule has 1 unspecified atom stereocenters. The summed E-state index contributed by atoms with van der Waals surface area (Å²) in [7, 11) is 0. The van der Waals surface area contributed by atoms with E-state index < -0.39 is 17.7 Å². The number of nitrogens with two attached hydrogens (primary N) is 1. The van der Waals surface area contributed by atoms with E-state index in [9.17, 15) is 13.6 Å². The topological polar surface area (TPSA) is 55.6 Å². The highest BCUT2D eigenvalue weighted by molar-refractivity contribution is 5.95. The molecule has 1 atom stereocenters. The molecule has 23 heavy (non-hydrogen) atoms. The standard InChI is InChI=1S/C17H16F2N2O2/c18-12-8-15-16(9-13(12)19)23-7-6-21(15)17(22)10-14(20)11-4-2-1-3-5-11/h1-5,8-9,14H,6-7,10,20H2. The van der Waals surface area contributed by atoms with Gasteiger partial charge in [-0.05, 0) is 5.56 Å². The number of nitrogens with zero attached hydrogens (tertiary/aromatic N) is 1. The van der Waals surface area contributed by atoms with Gasteiger partial charge in [0.05, 0.1) is 12.2 Å². The van der Waals surface area contributed by atoms with Crippen molar-refractivity contribution in [1.82, 2.24) is 0 Å². The highest BCUT2D eigenvalue weighted by Crippen LogP contribution is 2.34. The highest BCUT2D eigenvalue weighted by Gasteiger charge is 2.27. The molecule has 0 saturated carbocycles. The molecule has 3 rings (SSSR count). The molecular weight excluding hydrogens is 302 g/mol. The first-order valence-corrected chi connectivity index (χ1v) is 7.29. The zero-order valence-corrected chi connectivity index (χ0v) is 12.3. The van der Waals surface area contributed by atoms with E-state index in [-0.39, 0.29) is 36.9 Å². The fourth-order valence-electron chi connectivity index (χ4n) is 2.59. The average molecular weight is 318 g/mol. The third kappa shape index (κ3) is 3.17. The number of rotatable bonds is 3. The smallest absolute Gasteiger partial charge is 0.229 e. The lowest BCUT2D eigenvalue weighted by atomic mass is 10.0. The molecule has 0 aliphatic carbocycles. The van der Waals surface area contributed by atoms with Crippen LogP contribution in [0.4, 0.5) is 14.5 Å². The van der Waals surface area contributed by atoms with Gasteiger partial charge in [-0.25, -0.2) is 8.78 Å². The summed E-state index contributed by atoms with van der Waals surface area (Å²) in [5, 5.41) is 0. The maximum atomic E-state index is 13.5. The Labute approximate surface area is 132 Å². The van der Waals surface area contributed by atoms with Gasteiger partial charge in [0, 0.05) is 24.6 Å². The fraction of sp³-hybridized carbons (Fsp3) is 0.235. The molecule has 6 heteroatoms. The number of hydrogen-bond donors (Lipinski definition) is 1. The van der Waals surface area contributed by atoms with Crippen LogP contribution >= 0.6 is 0 Å². The van der Waals surface area contributed by atoms with Crippen LogP contribution in [-0.2, 0) is 4.79 Å². The van der Waals surface area contributed by atoms with Gasteiger partial charge in [-0.15, -0.1) is 0 Å². The second kappa shape index (κ2) is 6.34. The molecule has 2 aromatic rings. The Morgan fingerprint density at radius 1 is 1.22 bits per heavy atom. The second-order valence-corrected chi connectivity index (χ2v) is 5.35. The van der Waals surface area contributed by atoms with Crippen LogP contribution in [0.2, 0.25) is 0 Å². The Bertz CT molecular complexity index is 722. The normalized spacial score (nSPS) is 14.8. The van der Waals surface area contributed by atoms with E-state index in [1.54, 1.807) is 0 Å². The number of hydrogen-bond acceptors (Lipinski definition) is 3. The van der Waals surface area contributed by atoms with Crippen molar-refractivity contribution in [1.29, 1.82) is 0 Å². The van der Waals surface area contributed by atoms with Gasteiger partial charge in [-0.3, -0.25) is 4.79 Å². The summed E-state index contributed by atoms with van der Waals surface area (Å²) in [4.78, 5) is 13.9. The van der Waals surface area contributed by atoms with Crippen molar-refractivity contribution in [2.24, 2.45) is 5.73 Å². The highest BCUT2D eigenvalue weighted by atomic mass is 19.2. The molecule has 0 radical (unpaired) electrons. The van der Waals surface area contributed by atoms with Gasteiger partial charge in [0.25, 0.3) is 0 Å². The van der Waals surface area contributed by atoms with Crippen molar-refractivity contribution < 1.29 is 18.3 Å². The third-order valence-electron chi connectivity index (χ3n) is 3.79. The van der Waals surface area contributed by atoms with E-state index in [4.69, 9.17) is 10.5 Å². The molecule has 1 amide bonds. The van der Waals surface area contributed by atoms with E-state index in [1.165, 1.54) is 4.90 Å². The van der Waals surface area contributed by atoms with Gasteiger partial charge in [0.2, 0.25) is 5.91 Å². The number of anilines is 1. The minimum atomic E-state index is -1.01. The van der Waals surface area contributed by atoms with Crippen LogP contribution in [0.1, 0.15) is 18.0 Å². The molecule has 0 saturated heterocycles. The largest absolute Gasteiger partial charge is 0.489 e. The summed E-state index contributed by atoms with van der Waals surface area (Å²) in [6, 6.07) is 10.7. The van der Waals surface area contributed by atoms with E-state index >= 15 is 0 Å². The van der Waals surface area contributed by atoms with Crippen molar-refractivity contribution in [3.05, 3.63) is 59.7 Å². The van der Waals surface area contributed by atoms with E-state index in [1.807, 2.05) is 30.3 Å². The maximum absolute atomic E-state index is 13.5. The van der Waals surface area contributed by atoms with Crippen molar-refractivity contribution in [3.8, 4) is 5.75 Å². The Morgan fingerprint density at radius 2 is 1.91 bits per heavy atom. The molecule has 0 spiro atoms. The van der Waals surface area contributed by atoms with Crippen LogP contribution in [-0.4, -0.2) is 19.1 Å². The van der Waals surface area contributed by atoms with Gasteiger partial charge in [0.1, 0.15) is 12.4 Å². The molecular formula is C17H16F2N2O2. The van der Waals surface area contributed by atoms with Gasteiger partial charge in [-0.2, -0.15) is 0 Å². The minimum Gasteiger partial charge on any atom is -0.489 e. The SMILES string of the molecule is NC(CC(=O)N1CCOc2cc(F)c(F)cc21)c1ccccc1. The predicted octanol–water partition coefficient (Wildman–Crippen LogP) is 2.78. The number of ether oxygens (including phenoxy) is 1. The molecule has 120 valence electrons. The zero-order valence-electron chi connectivity index (χ0n) is 12.3. The Morgan fingerprint density at radius 3 is 2.65 bits per heavy atom. The van der Waals surface area contributed by atoms with Crippen molar-refractivity contribution in [2.75, 3.05) is 18.1 Å². The Hall–Kier alpha value is -2.47. The molecule has 0 bridgehead atoms. The van der Waals surface area contributed by atoms with Crippen molar-refractivity contribution >= 4 is 11.6 Å². The minimum absolute atomic E-state index is 0.0719. The van der Waals surface area contributed by atoms with Gasteiger partial charge in [0.15, 0.2) is 11.6 Å². The predicted molar refractivity (Wildman–Crippen MR) is 82.2 cm³/mol. The number of benzene rings is 2. The van der Waals surface area contributed by atoms with Gasteiger partial charge in [-0.1, -0.05) is 30.3 Å². The molecule has 2 N–H and O–H groups in total. The summed E-state index contributed by atoms with van der Waals surface area (Å²) >= 11 is 0. The molecule has 1 aliphatic heterocycles. The number of amides is 1. The number of fused-ring (bicyclic) bond motifs is 1. The van der Waals surface area contributed by atoms with Crippen LogP contribution in [0, 0.1) is 11.6 Å². The second-order valence-electron chi connectivity index (χ2n) is 5.35. The molecule has 2 aromatic carbocycles. The average Bonchev–Trinajstić information content (AvgIpc) is 2.56. The summed E-state index contributed by atoms with van der Waals surface area (Å²) in [5.41, 5.74) is 7.15. The molecule has 0 fully saturated rings. The molecule has 4 nitrogen and oxygen atoms in total. The number of halogens is 2. The van der Waals surface area contributed by atoms with Crippen molar-refractivity contribution in [3.63, 3.8) is 0 Å². The first kappa shape index (κ1) is 15.4. The van der Waals surface area contributed by atoms with Crippen molar-refractivity contribution in [2.45, 2.75) is 12.5 Å². The lowest BCUT2D eigenvalue weighted by molar-refractivity contribution is -0.119. The van der Waals surface area contributed by atoms with Gasteiger partial charge < -0.3 is 15.4 Å². The Kier molecular flexibility index (Phi) is 4.25. The Balaban J connectivity index is 1.80. The van der Waals surface area contributed by atoms with E-state index in [0.717, 1.165) is 17.7 Å². The van der Waals surface area contributed by atoms with Crippen LogP contribution in [0.15, 0.2) is 42.5 Å². The van der Waals surface area contributed by atoms with Crippen LogP contribution < -0.4 is 15.4 Å².